The minimum atomic E-state index is 0.0319. The van der Waals surface area contributed by atoms with Crippen molar-refractivity contribution < 1.29 is 14.6 Å². The number of nitrogens with zero attached hydrogens (tertiary/aromatic N) is 1. The van der Waals surface area contributed by atoms with Gasteiger partial charge in [-0.05, 0) is 25.2 Å². The molecule has 0 bridgehead atoms. The first-order valence-corrected chi connectivity index (χ1v) is 7.00. The van der Waals surface area contributed by atoms with Crippen LogP contribution in [0.3, 0.4) is 0 Å². The molecule has 2 aliphatic heterocycles. The van der Waals surface area contributed by atoms with Crippen molar-refractivity contribution in [3.8, 4) is 0 Å². The van der Waals surface area contributed by atoms with E-state index in [1.807, 2.05) is 4.90 Å². The van der Waals surface area contributed by atoms with E-state index in [1.165, 1.54) is 0 Å². The number of morpholine rings is 1. The smallest absolute Gasteiger partial charge is 0.225 e. The third-order valence-electron chi connectivity index (χ3n) is 3.82. The van der Waals surface area contributed by atoms with Gasteiger partial charge < -0.3 is 20.1 Å². The standard InChI is InChI=1S/C13H24N2O3/c16-6-3-11-2-1-5-15(10-11)13(17)8-12-9-14-4-7-18-12/h11-12,14,16H,1-10H2. The minimum Gasteiger partial charge on any atom is -0.396 e. The van der Waals surface area contributed by atoms with E-state index in [9.17, 15) is 4.79 Å². The SMILES string of the molecule is O=C(CC1CNCCO1)N1CCCC(CCO)C1. The van der Waals surface area contributed by atoms with E-state index in [2.05, 4.69) is 5.32 Å². The van der Waals surface area contributed by atoms with E-state index in [-0.39, 0.29) is 18.6 Å². The summed E-state index contributed by atoms with van der Waals surface area (Å²) in [6.45, 7) is 4.25. The first-order chi connectivity index (χ1) is 8.79. The molecule has 0 aromatic heterocycles. The normalized spacial score (nSPS) is 29.3. The van der Waals surface area contributed by atoms with Crippen LogP contribution < -0.4 is 5.32 Å². The molecule has 18 heavy (non-hydrogen) atoms. The molecule has 0 aliphatic carbocycles. The summed E-state index contributed by atoms with van der Waals surface area (Å²) in [5.74, 6) is 0.671. The summed E-state index contributed by atoms with van der Waals surface area (Å²) in [6, 6.07) is 0. The quantitative estimate of drug-likeness (QED) is 0.742. The molecule has 104 valence electrons. The molecular weight excluding hydrogens is 232 g/mol. The molecule has 0 aromatic rings. The van der Waals surface area contributed by atoms with Crippen molar-refractivity contribution in [2.75, 3.05) is 39.4 Å². The van der Waals surface area contributed by atoms with Gasteiger partial charge in [-0.1, -0.05) is 0 Å². The van der Waals surface area contributed by atoms with E-state index >= 15 is 0 Å². The van der Waals surface area contributed by atoms with Crippen molar-refractivity contribution in [3.63, 3.8) is 0 Å². The summed E-state index contributed by atoms with van der Waals surface area (Å²) >= 11 is 0. The van der Waals surface area contributed by atoms with E-state index < -0.39 is 0 Å². The Morgan fingerprint density at radius 1 is 1.50 bits per heavy atom. The molecule has 2 heterocycles. The molecule has 0 radical (unpaired) electrons. The number of nitrogens with one attached hydrogen (secondary N) is 1. The van der Waals surface area contributed by atoms with Crippen LogP contribution in [0.25, 0.3) is 0 Å². The second kappa shape index (κ2) is 7.07. The Kier molecular flexibility index (Phi) is 5.41. The minimum absolute atomic E-state index is 0.0319. The van der Waals surface area contributed by atoms with E-state index in [0.29, 0.717) is 18.9 Å². The number of hydrogen-bond donors (Lipinski definition) is 2. The number of hydrogen-bond acceptors (Lipinski definition) is 4. The number of aliphatic hydroxyl groups excluding tert-OH is 1. The summed E-state index contributed by atoms with van der Waals surface area (Å²) in [5, 5.41) is 12.2. The topological polar surface area (TPSA) is 61.8 Å². The maximum absolute atomic E-state index is 12.2. The van der Waals surface area contributed by atoms with Crippen LogP contribution in [0.1, 0.15) is 25.7 Å². The van der Waals surface area contributed by atoms with Gasteiger partial charge in [0.1, 0.15) is 0 Å². The highest BCUT2D eigenvalue weighted by Crippen LogP contribution is 2.20. The first-order valence-electron chi connectivity index (χ1n) is 7.00. The van der Waals surface area contributed by atoms with Gasteiger partial charge in [0.25, 0.3) is 0 Å². The van der Waals surface area contributed by atoms with Crippen molar-refractivity contribution in [1.82, 2.24) is 10.2 Å². The fourth-order valence-electron chi connectivity index (χ4n) is 2.78. The fourth-order valence-corrected chi connectivity index (χ4v) is 2.78. The average Bonchev–Trinajstić information content (AvgIpc) is 2.40. The van der Waals surface area contributed by atoms with Gasteiger partial charge in [0, 0.05) is 32.8 Å². The van der Waals surface area contributed by atoms with Gasteiger partial charge in [-0.2, -0.15) is 0 Å². The number of rotatable bonds is 4. The fraction of sp³-hybridized carbons (Fsp3) is 0.923. The van der Waals surface area contributed by atoms with E-state index in [1.54, 1.807) is 0 Å². The van der Waals surface area contributed by atoms with Gasteiger partial charge in [-0.3, -0.25) is 4.79 Å². The molecule has 2 fully saturated rings. The van der Waals surface area contributed by atoms with Gasteiger partial charge in [0.05, 0.1) is 19.1 Å². The Bertz CT molecular complexity index is 265. The highest BCUT2D eigenvalue weighted by atomic mass is 16.5. The monoisotopic (exact) mass is 256 g/mol. The van der Waals surface area contributed by atoms with Crippen LogP contribution in [0.5, 0.6) is 0 Å². The van der Waals surface area contributed by atoms with Gasteiger partial charge in [0.15, 0.2) is 0 Å². The number of carbonyl (C=O) groups excluding carboxylic acids is 1. The molecule has 5 heteroatoms. The zero-order valence-corrected chi connectivity index (χ0v) is 10.9. The van der Waals surface area contributed by atoms with Crippen LogP contribution in [0, 0.1) is 5.92 Å². The zero-order chi connectivity index (χ0) is 12.8. The third-order valence-corrected chi connectivity index (χ3v) is 3.82. The highest BCUT2D eigenvalue weighted by molar-refractivity contribution is 5.76. The summed E-state index contributed by atoms with van der Waals surface area (Å²) in [7, 11) is 0. The summed E-state index contributed by atoms with van der Waals surface area (Å²) < 4.78 is 5.56. The third kappa shape index (κ3) is 3.93. The van der Waals surface area contributed by atoms with Gasteiger partial charge >= 0.3 is 0 Å². The molecule has 2 N–H and O–H groups in total. The van der Waals surface area contributed by atoms with Crippen molar-refractivity contribution >= 4 is 5.91 Å². The number of likely N-dealkylation sites (tertiary alicyclic amines) is 1. The second-order valence-electron chi connectivity index (χ2n) is 5.26. The molecule has 0 saturated carbocycles. The van der Waals surface area contributed by atoms with Crippen LogP contribution in [-0.2, 0) is 9.53 Å². The largest absolute Gasteiger partial charge is 0.396 e. The number of amides is 1. The number of aliphatic hydroxyl groups is 1. The number of ether oxygens (including phenoxy) is 1. The van der Waals surface area contributed by atoms with Crippen molar-refractivity contribution in [1.29, 1.82) is 0 Å². The van der Waals surface area contributed by atoms with Crippen LogP contribution >= 0.6 is 0 Å². The molecule has 0 aromatic carbocycles. The molecule has 0 spiro atoms. The van der Waals surface area contributed by atoms with Gasteiger partial charge in [0.2, 0.25) is 5.91 Å². The molecular formula is C13H24N2O3. The summed E-state index contributed by atoms with van der Waals surface area (Å²) in [5.41, 5.74) is 0. The zero-order valence-electron chi connectivity index (χ0n) is 10.9. The lowest BCUT2D eigenvalue weighted by Crippen LogP contribution is -2.45. The van der Waals surface area contributed by atoms with Crippen molar-refractivity contribution in [3.05, 3.63) is 0 Å². The first kappa shape index (κ1) is 13.8. The lowest BCUT2D eigenvalue weighted by atomic mass is 9.95. The van der Waals surface area contributed by atoms with Crippen molar-refractivity contribution in [2.45, 2.75) is 31.8 Å². The molecule has 2 unspecified atom stereocenters. The molecule has 2 aliphatic rings. The lowest BCUT2D eigenvalue weighted by Gasteiger charge is -2.34. The van der Waals surface area contributed by atoms with Crippen LogP contribution in [0.15, 0.2) is 0 Å². The van der Waals surface area contributed by atoms with Crippen LogP contribution in [0.2, 0.25) is 0 Å². The Morgan fingerprint density at radius 3 is 3.11 bits per heavy atom. The average molecular weight is 256 g/mol. The molecule has 2 atom stereocenters. The van der Waals surface area contributed by atoms with Crippen LogP contribution in [0.4, 0.5) is 0 Å². The van der Waals surface area contributed by atoms with Gasteiger partial charge in [-0.25, -0.2) is 0 Å². The second-order valence-corrected chi connectivity index (χ2v) is 5.26. The maximum Gasteiger partial charge on any atom is 0.225 e. The predicted octanol–water partition coefficient (Wildman–Crippen LogP) is -0.0141. The van der Waals surface area contributed by atoms with Crippen molar-refractivity contribution in [2.24, 2.45) is 5.92 Å². The molecule has 2 saturated heterocycles. The number of carbonyl (C=O) groups is 1. The lowest BCUT2D eigenvalue weighted by molar-refractivity contribution is -0.136. The highest BCUT2D eigenvalue weighted by Gasteiger charge is 2.26. The Hall–Kier alpha value is -0.650. The molecule has 1 amide bonds. The summed E-state index contributed by atoms with van der Waals surface area (Å²) in [4.78, 5) is 14.1. The Morgan fingerprint density at radius 2 is 2.39 bits per heavy atom. The van der Waals surface area contributed by atoms with E-state index in [4.69, 9.17) is 9.84 Å². The molecule has 2 rings (SSSR count). The Labute approximate surface area is 108 Å². The van der Waals surface area contributed by atoms with E-state index in [0.717, 1.165) is 45.4 Å². The Balaban J connectivity index is 1.76. The maximum atomic E-state index is 12.2. The molecule has 5 nitrogen and oxygen atoms in total. The van der Waals surface area contributed by atoms with Crippen LogP contribution in [-0.4, -0.2) is 61.4 Å². The van der Waals surface area contributed by atoms with Gasteiger partial charge in [-0.15, -0.1) is 0 Å². The summed E-state index contributed by atoms with van der Waals surface area (Å²) in [6.07, 6.45) is 3.51. The number of piperidine rings is 1. The predicted molar refractivity (Wildman–Crippen MR) is 68.2 cm³/mol.